The molecular weight excluding hydrogens is 316 g/mol. The molecule has 1 spiro atoms. The standard InChI is InChI=1S/C18H24N6O/c1-22-11-15(9-21-22)12-23-8-4-18(13-23)3-2-7-24(14-18)17(25)16-10-19-5-6-20-16/h5-6,9-11H,2-4,7-8,12-14H2,1H3. The Morgan fingerprint density at radius 3 is 2.88 bits per heavy atom. The van der Waals surface area contributed by atoms with Gasteiger partial charge in [0.15, 0.2) is 0 Å². The van der Waals surface area contributed by atoms with Crippen LogP contribution in [0.1, 0.15) is 35.3 Å². The summed E-state index contributed by atoms with van der Waals surface area (Å²) in [6.07, 6.45) is 12.2. The van der Waals surface area contributed by atoms with Crippen molar-refractivity contribution in [3.8, 4) is 0 Å². The van der Waals surface area contributed by atoms with Crippen molar-refractivity contribution in [1.29, 1.82) is 0 Å². The van der Waals surface area contributed by atoms with Gasteiger partial charge in [0.05, 0.1) is 12.4 Å². The van der Waals surface area contributed by atoms with Gasteiger partial charge in [-0.25, -0.2) is 4.98 Å². The number of piperidine rings is 1. The summed E-state index contributed by atoms with van der Waals surface area (Å²) in [5, 5.41) is 4.26. The molecule has 7 nitrogen and oxygen atoms in total. The summed E-state index contributed by atoms with van der Waals surface area (Å²) >= 11 is 0. The van der Waals surface area contributed by atoms with Gasteiger partial charge in [0.25, 0.3) is 5.91 Å². The van der Waals surface area contributed by atoms with Crippen molar-refractivity contribution in [3.63, 3.8) is 0 Å². The van der Waals surface area contributed by atoms with Gasteiger partial charge in [-0.05, 0) is 25.8 Å². The van der Waals surface area contributed by atoms with E-state index in [2.05, 4.69) is 26.2 Å². The van der Waals surface area contributed by atoms with E-state index in [0.29, 0.717) is 5.69 Å². The molecule has 132 valence electrons. The molecule has 0 aliphatic carbocycles. The van der Waals surface area contributed by atoms with Gasteiger partial charge in [0, 0.05) is 62.8 Å². The zero-order valence-corrected chi connectivity index (χ0v) is 14.6. The van der Waals surface area contributed by atoms with Crippen LogP contribution in [0.3, 0.4) is 0 Å². The van der Waals surface area contributed by atoms with E-state index in [0.717, 1.165) is 45.6 Å². The molecule has 1 amide bonds. The maximum Gasteiger partial charge on any atom is 0.274 e. The average Bonchev–Trinajstić information content (AvgIpc) is 3.21. The Labute approximate surface area is 147 Å². The van der Waals surface area contributed by atoms with E-state index in [1.807, 2.05) is 22.8 Å². The molecule has 2 saturated heterocycles. The number of aromatic nitrogens is 4. The van der Waals surface area contributed by atoms with Crippen LogP contribution in [0.5, 0.6) is 0 Å². The normalized spacial score (nSPS) is 24.1. The van der Waals surface area contributed by atoms with Gasteiger partial charge in [0.2, 0.25) is 0 Å². The lowest BCUT2D eigenvalue weighted by molar-refractivity contribution is 0.0521. The van der Waals surface area contributed by atoms with Crippen LogP contribution >= 0.6 is 0 Å². The number of hydrogen-bond donors (Lipinski definition) is 0. The highest BCUT2D eigenvalue weighted by Gasteiger charge is 2.42. The van der Waals surface area contributed by atoms with Gasteiger partial charge in [-0.15, -0.1) is 0 Å². The number of hydrogen-bond acceptors (Lipinski definition) is 5. The van der Waals surface area contributed by atoms with Crippen LogP contribution in [-0.4, -0.2) is 61.6 Å². The fourth-order valence-electron chi connectivity index (χ4n) is 4.26. The minimum absolute atomic E-state index is 0.0119. The Morgan fingerprint density at radius 1 is 1.20 bits per heavy atom. The fourth-order valence-corrected chi connectivity index (χ4v) is 4.26. The summed E-state index contributed by atoms with van der Waals surface area (Å²) < 4.78 is 1.85. The maximum absolute atomic E-state index is 12.7. The molecule has 2 aromatic rings. The highest BCUT2D eigenvalue weighted by molar-refractivity contribution is 5.92. The first kappa shape index (κ1) is 16.2. The number of carbonyl (C=O) groups is 1. The van der Waals surface area contributed by atoms with E-state index >= 15 is 0 Å². The van der Waals surface area contributed by atoms with Crippen LogP contribution in [0.15, 0.2) is 31.0 Å². The first-order valence-electron chi connectivity index (χ1n) is 8.89. The molecule has 0 N–H and O–H groups in total. The minimum atomic E-state index is 0.0119. The van der Waals surface area contributed by atoms with Gasteiger partial charge in [-0.1, -0.05) is 0 Å². The second-order valence-corrected chi connectivity index (χ2v) is 7.40. The Kier molecular flexibility index (Phi) is 4.25. The van der Waals surface area contributed by atoms with Crippen molar-refractivity contribution < 1.29 is 4.79 Å². The van der Waals surface area contributed by atoms with E-state index in [1.54, 1.807) is 18.6 Å². The van der Waals surface area contributed by atoms with E-state index in [1.165, 1.54) is 12.0 Å². The molecule has 2 aliphatic heterocycles. The molecule has 2 aliphatic rings. The molecular formula is C18H24N6O. The first-order chi connectivity index (χ1) is 12.1. The monoisotopic (exact) mass is 340 g/mol. The Morgan fingerprint density at radius 2 is 2.12 bits per heavy atom. The number of nitrogens with zero attached hydrogens (tertiary/aromatic N) is 6. The molecule has 7 heteroatoms. The van der Waals surface area contributed by atoms with Crippen LogP contribution in [-0.2, 0) is 13.6 Å². The highest BCUT2D eigenvalue weighted by Crippen LogP contribution is 2.39. The van der Waals surface area contributed by atoms with E-state index < -0.39 is 0 Å². The number of amides is 1. The molecule has 0 radical (unpaired) electrons. The van der Waals surface area contributed by atoms with Crippen molar-refractivity contribution in [1.82, 2.24) is 29.5 Å². The van der Waals surface area contributed by atoms with Crippen molar-refractivity contribution in [2.75, 3.05) is 26.2 Å². The molecule has 2 aromatic heterocycles. The van der Waals surface area contributed by atoms with Gasteiger partial charge in [0.1, 0.15) is 5.69 Å². The molecule has 1 atom stereocenters. The SMILES string of the molecule is Cn1cc(CN2CCC3(CCCN(C(=O)c4cnccn4)C3)C2)cn1. The summed E-state index contributed by atoms with van der Waals surface area (Å²) in [6, 6.07) is 0. The van der Waals surface area contributed by atoms with Crippen molar-refractivity contribution >= 4 is 5.91 Å². The quantitative estimate of drug-likeness (QED) is 0.843. The molecule has 0 bridgehead atoms. The third-order valence-electron chi connectivity index (χ3n) is 5.41. The number of likely N-dealkylation sites (tertiary alicyclic amines) is 2. The van der Waals surface area contributed by atoms with Crippen LogP contribution in [0.2, 0.25) is 0 Å². The topological polar surface area (TPSA) is 67.2 Å². The van der Waals surface area contributed by atoms with Gasteiger partial charge in [-0.3, -0.25) is 19.4 Å². The second-order valence-electron chi connectivity index (χ2n) is 7.40. The first-order valence-corrected chi connectivity index (χ1v) is 8.89. The number of rotatable bonds is 3. The lowest BCUT2D eigenvalue weighted by Gasteiger charge is -2.40. The Balaban J connectivity index is 1.41. The van der Waals surface area contributed by atoms with Crippen LogP contribution in [0.4, 0.5) is 0 Å². The molecule has 1 unspecified atom stereocenters. The summed E-state index contributed by atoms with van der Waals surface area (Å²) in [6.45, 7) is 4.72. The van der Waals surface area contributed by atoms with Crippen LogP contribution in [0, 0.1) is 5.41 Å². The third-order valence-corrected chi connectivity index (χ3v) is 5.41. The van der Waals surface area contributed by atoms with Crippen molar-refractivity contribution in [3.05, 3.63) is 42.2 Å². The summed E-state index contributed by atoms with van der Waals surface area (Å²) in [5.41, 5.74) is 1.92. The molecule has 0 saturated carbocycles. The Hall–Kier alpha value is -2.28. The number of aryl methyl sites for hydroxylation is 1. The number of carbonyl (C=O) groups excluding carboxylic acids is 1. The smallest absolute Gasteiger partial charge is 0.274 e. The van der Waals surface area contributed by atoms with E-state index in [-0.39, 0.29) is 11.3 Å². The molecule has 0 aromatic carbocycles. The zero-order valence-electron chi connectivity index (χ0n) is 14.6. The lowest BCUT2D eigenvalue weighted by Crippen LogP contribution is -2.47. The summed E-state index contributed by atoms with van der Waals surface area (Å²) in [4.78, 5) is 25.4. The predicted octanol–water partition coefficient (Wildman–Crippen LogP) is 1.34. The second kappa shape index (κ2) is 6.55. The third kappa shape index (κ3) is 3.42. The molecule has 25 heavy (non-hydrogen) atoms. The molecule has 4 rings (SSSR count). The van der Waals surface area contributed by atoms with Gasteiger partial charge < -0.3 is 4.90 Å². The van der Waals surface area contributed by atoms with Crippen molar-refractivity contribution in [2.45, 2.75) is 25.8 Å². The predicted molar refractivity (Wildman–Crippen MR) is 92.7 cm³/mol. The summed E-state index contributed by atoms with van der Waals surface area (Å²) in [5.74, 6) is 0.0119. The minimum Gasteiger partial charge on any atom is -0.337 e. The largest absolute Gasteiger partial charge is 0.337 e. The van der Waals surface area contributed by atoms with Crippen molar-refractivity contribution in [2.24, 2.45) is 12.5 Å². The highest BCUT2D eigenvalue weighted by atomic mass is 16.2. The van der Waals surface area contributed by atoms with E-state index in [9.17, 15) is 4.79 Å². The van der Waals surface area contributed by atoms with Gasteiger partial charge >= 0.3 is 0 Å². The molecule has 2 fully saturated rings. The van der Waals surface area contributed by atoms with E-state index in [4.69, 9.17) is 0 Å². The molecule has 4 heterocycles. The lowest BCUT2D eigenvalue weighted by atomic mass is 9.79. The van der Waals surface area contributed by atoms with Gasteiger partial charge in [-0.2, -0.15) is 5.10 Å². The van der Waals surface area contributed by atoms with Crippen LogP contribution in [0.25, 0.3) is 0 Å². The Bertz CT molecular complexity index is 745. The average molecular weight is 340 g/mol. The summed E-state index contributed by atoms with van der Waals surface area (Å²) in [7, 11) is 1.95. The zero-order chi connectivity index (χ0) is 17.3. The van der Waals surface area contributed by atoms with Crippen LogP contribution < -0.4 is 0 Å². The maximum atomic E-state index is 12.7. The fraction of sp³-hybridized carbons (Fsp3) is 0.556.